The number of anilines is 1. The Morgan fingerprint density at radius 3 is 2.37 bits per heavy atom. The number of carbonyl (C=O) groups excluding carboxylic acids is 2. The molecule has 1 atom stereocenters. The second kappa shape index (κ2) is 8.13. The molecule has 0 aliphatic carbocycles. The number of nitrogens with zero attached hydrogens (tertiary/aromatic N) is 4. The van der Waals surface area contributed by atoms with Crippen LogP contribution in [0.25, 0.3) is 11.4 Å². The Labute approximate surface area is 161 Å². The van der Waals surface area contributed by atoms with Crippen molar-refractivity contribution >= 4 is 29.1 Å². The fourth-order valence-electron chi connectivity index (χ4n) is 2.41. The highest BCUT2D eigenvalue weighted by Crippen LogP contribution is 2.26. The normalized spacial score (nSPS) is 11.8. The third-order valence-corrected chi connectivity index (χ3v) is 5.12. The molecule has 0 spiro atoms. The summed E-state index contributed by atoms with van der Waals surface area (Å²) in [4.78, 5) is 27.8. The maximum Gasteiger partial charge on any atom is 0.237 e. The molecule has 7 nitrogen and oxygen atoms in total. The minimum atomic E-state index is -0.370. The number of ketones is 1. The summed E-state index contributed by atoms with van der Waals surface area (Å²) < 4.78 is 1.85. The van der Waals surface area contributed by atoms with Crippen LogP contribution in [0.15, 0.2) is 53.9 Å². The van der Waals surface area contributed by atoms with Crippen molar-refractivity contribution in [3.8, 4) is 11.4 Å². The highest BCUT2D eigenvalue weighted by molar-refractivity contribution is 8.00. The molecule has 138 valence electrons. The lowest BCUT2D eigenvalue weighted by atomic mass is 10.1. The fraction of sp³-hybridized carbons (Fsp3) is 0.211. The molecule has 0 unspecified atom stereocenters. The van der Waals surface area contributed by atoms with Gasteiger partial charge < -0.3 is 9.88 Å². The van der Waals surface area contributed by atoms with Crippen molar-refractivity contribution in [1.82, 2.24) is 19.7 Å². The zero-order valence-electron chi connectivity index (χ0n) is 15.2. The molecule has 2 heterocycles. The van der Waals surface area contributed by atoms with Gasteiger partial charge in [0.1, 0.15) is 0 Å². The van der Waals surface area contributed by atoms with Crippen LogP contribution >= 0.6 is 11.8 Å². The van der Waals surface area contributed by atoms with Crippen LogP contribution in [0.3, 0.4) is 0 Å². The molecule has 0 aliphatic rings. The molecule has 1 N–H and O–H groups in total. The molecular weight excluding hydrogens is 362 g/mol. The topological polar surface area (TPSA) is 89.8 Å². The molecule has 0 saturated carbocycles. The number of rotatable bonds is 6. The van der Waals surface area contributed by atoms with Gasteiger partial charge in [-0.25, -0.2) is 0 Å². The Kier molecular flexibility index (Phi) is 5.66. The molecule has 8 heteroatoms. The van der Waals surface area contributed by atoms with Crippen molar-refractivity contribution in [3.63, 3.8) is 0 Å². The van der Waals surface area contributed by atoms with E-state index in [0.717, 1.165) is 5.56 Å². The van der Waals surface area contributed by atoms with Gasteiger partial charge >= 0.3 is 0 Å². The van der Waals surface area contributed by atoms with Crippen LogP contribution in [-0.4, -0.2) is 36.7 Å². The molecule has 3 rings (SSSR count). The van der Waals surface area contributed by atoms with Gasteiger partial charge in [-0.3, -0.25) is 14.6 Å². The molecule has 1 aromatic carbocycles. The zero-order valence-corrected chi connectivity index (χ0v) is 16.0. The van der Waals surface area contributed by atoms with Crippen LogP contribution in [0.1, 0.15) is 24.2 Å². The molecule has 0 bridgehead atoms. The Morgan fingerprint density at radius 2 is 1.74 bits per heavy atom. The maximum absolute atomic E-state index is 12.5. The summed E-state index contributed by atoms with van der Waals surface area (Å²) in [5, 5.41) is 11.5. The minimum absolute atomic E-state index is 0.0101. The van der Waals surface area contributed by atoms with Crippen molar-refractivity contribution < 1.29 is 9.59 Å². The van der Waals surface area contributed by atoms with E-state index < -0.39 is 0 Å². The zero-order chi connectivity index (χ0) is 19.4. The van der Waals surface area contributed by atoms with E-state index in [9.17, 15) is 9.59 Å². The van der Waals surface area contributed by atoms with Crippen molar-refractivity contribution in [2.75, 3.05) is 5.32 Å². The second-order valence-electron chi connectivity index (χ2n) is 5.98. The standard InChI is InChI=1S/C19H19N5O2S/c1-12(25)14-4-6-16(7-5-14)21-18(26)13(2)27-19-23-22-17(24(19)3)15-8-10-20-11-9-15/h4-11,13H,1-3H3,(H,21,26)/t13-/m1/s1. The van der Waals surface area contributed by atoms with Crippen LogP contribution in [0.4, 0.5) is 5.69 Å². The molecule has 0 radical (unpaired) electrons. The summed E-state index contributed by atoms with van der Waals surface area (Å²) in [6.45, 7) is 3.32. The van der Waals surface area contributed by atoms with Crippen molar-refractivity contribution in [3.05, 3.63) is 54.4 Å². The van der Waals surface area contributed by atoms with Gasteiger partial charge in [-0.05, 0) is 50.2 Å². The second-order valence-corrected chi connectivity index (χ2v) is 7.29. The fourth-order valence-corrected chi connectivity index (χ4v) is 3.23. The van der Waals surface area contributed by atoms with E-state index in [1.54, 1.807) is 36.7 Å². The van der Waals surface area contributed by atoms with Gasteiger partial charge in [0.05, 0.1) is 5.25 Å². The molecule has 0 saturated heterocycles. The van der Waals surface area contributed by atoms with Crippen LogP contribution in [0.2, 0.25) is 0 Å². The number of aromatic nitrogens is 4. The highest BCUT2D eigenvalue weighted by atomic mass is 32.2. The first kappa shape index (κ1) is 18.8. The van der Waals surface area contributed by atoms with Crippen molar-refractivity contribution in [1.29, 1.82) is 0 Å². The Bertz CT molecular complexity index is 954. The Balaban J connectivity index is 1.66. The summed E-state index contributed by atoms with van der Waals surface area (Å²) in [7, 11) is 1.86. The smallest absolute Gasteiger partial charge is 0.237 e. The summed E-state index contributed by atoms with van der Waals surface area (Å²) in [5.74, 6) is 0.556. The lowest BCUT2D eigenvalue weighted by molar-refractivity contribution is -0.115. The van der Waals surface area contributed by atoms with Gasteiger partial charge in [-0.1, -0.05) is 11.8 Å². The van der Waals surface area contributed by atoms with Crippen LogP contribution in [0.5, 0.6) is 0 Å². The number of hydrogen-bond acceptors (Lipinski definition) is 6. The van der Waals surface area contributed by atoms with E-state index >= 15 is 0 Å². The SMILES string of the molecule is CC(=O)c1ccc(NC(=O)[C@@H](C)Sc2nnc(-c3ccncc3)n2C)cc1. The molecule has 0 fully saturated rings. The van der Waals surface area contributed by atoms with Gasteiger partial charge in [-0.15, -0.1) is 10.2 Å². The number of nitrogens with one attached hydrogen (secondary N) is 1. The van der Waals surface area contributed by atoms with E-state index in [1.807, 2.05) is 30.7 Å². The van der Waals surface area contributed by atoms with Gasteiger partial charge in [0, 0.05) is 36.3 Å². The molecule has 0 aliphatic heterocycles. The predicted molar refractivity (Wildman–Crippen MR) is 105 cm³/mol. The largest absolute Gasteiger partial charge is 0.325 e. The number of hydrogen-bond donors (Lipinski definition) is 1. The summed E-state index contributed by atoms with van der Waals surface area (Å²) in [6, 6.07) is 10.5. The quantitative estimate of drug-likeness (QED) is 0.521. The van der Waals surface area contributed by atoms with E-state index in [-0.39, 0.29) is 16.9 Å². The lowest BCUT2D eigenvalue weighted by Gasteiger charge is -2.12. The molecular formula is C19H19N5O2S. The first-order chi connectivity index (χ1) is 13.0. The van der Waals surface area contributed by atoms with Gasteiger partial charge in [0.2, 0.25) is 5.91 Å². The first-order valence-corrected chi connectivity index (χ1v) is 9.22. The number of carbonyl (C=O) groups is 2. The molecule has 27 heavy (non-hydrogen) atoms. The van der Waals surface area contributed by atoms with Gasteiger partial charge in [-0.2, -0.15) is 0 Å². The molecule has 2 aromatic heterocycles. The summed E-state index contributed by atoms with van der Waals surface area (Å²) in [5.41, 5.74) is 2.17. The van der Waals surface area contributed by atoms with E-state index in [2.05, 4.69) is 20.5 Å². The Morgan fingerprint density at radius 1 is 1.07 bits per heavy atom. The number of pyridine rings is 1. The minimum Gasteiger partial charge on any atom is -0.325 e. The summed E-state index contributed by atoms with van der Waals surface area (Å²) in [6.07, 6.45) is 3.40. The average molecular weight is 381 g/mol. The third-order valence-electron chi connectivity index (χ3n) is 3.98. The molecule has 3 aromatic rings. The number of amides is 1. The number of Topliss-reactive ketones (excluding diaryl/α,β-unsaturated/α-hetero) is 1. The number of benzene rings is 1. The average Bonchev–Trinajstić information content (AvgIpc) is 3.03. The van der Waals surface area contributed by atoms with Gasteiger partial charge in [0.15, 0.2) is 16.8 Å². The van der Waals surface area contributed by atoms with E-state index in [0.29, 0.717) is 22.2 Å². The van der Waals surface area contributed by atoms with Crippen LogP contribution in [0, 0.1) is 0 Å². The van der Waals surface area contributed by atoms with Crippen molar-refractivity contribution in [2.24, 2.45) is 7.05 Å². The lowest BCUT2D eigenvalue weighted by Crippen LogP contribution is -2.22. The number of thioether (sulfide) groups is 1. The monoisotopic (exact) mass is 381 g/mol. The van der Waals surface area contributed by atoms with E-state index in [4.69, 9.17) is 0 Å². The van der Waals surface area contributed by atoms with Crippen molar-refractivity contribution in [2.45, 2.75) is 24.3 Å². The predicted octanol–water partition coefficient (Wildman–Crippen LogP) is 3.20. The van der Waals surface area contributed by atoms with Crippen LogP contribution < -0.4 is 5.32 Å². The van der Waals surface area contributed by atoms with Crippen LogP contribution in [-0.2, 0) is 11.8 Å². The first-order valence-electron chi connectivity index (χ1n) is 8.34. The summed E-state index contributed by atoms with van der Waals surface area (Å²) >= 11 is 1.33. The highest BCUT2D eigenvalue weighted by Gasteiger charge is 2.19. The third kappa shape index (κ3) is 4.40. The maximum atomic E-state index is 12.5. The van der Waals surface area contributed by atoms with E-state index in [1.165, 1.54) is 18.7 Å². The Hall–Kier alpha value is -3.00. The molecule has 1 amide bonds. The van der Waals surface area contributed by atoms with Gasteiger partial charge in [0.25, 0.3) is 0 Å².